The molecule has 1 atom stereocenters. The molecule has 0 saturated carbocycles. The molecule has 1 aliphatic rings. The molecule has 0 aromatic heterocycles. The Morgan fingerprint density at radius 3 is 2.20 bits per heavy atom. The van der Waals surface area contributed by atoms with E-state index in [9.17, 15) is 27.6 Å². The zero-order valence-electron chi connectivity index (χ0n) is 18.5. The molecule has 0 radical (unpaired) electrons. The smallest absolute Gasteiger partial charge is 0.482 e. The lowest BCUT2D eigenvalue weighted by Gasteiger charge is -2.18. The van der Waals surface area contributed by atoms with Gasteiger partial charge in [0.25, 0.3) is 5.91 Å². The van der Waals surface area contributed by atoms with E-state index in [2.05, 4.69) is 10.6 Å². The number of aliphatic carboxylic acids is 2. The van der Waals surface area contributed by atoms with Gasteiger partial charge in [-0.1, -0.05) is 6.07 Å². The number of ketones is 1. The summed E-state index contributed by atoms with van der Waals surface area (Å²) in [7, 11) is 0. The lowest BCUT2D eigenvalue weighted by molar-refractivity contribution is -0.192. The van der Waals surface area contributed by atoms with Gasteiger partial charge in [0.2, 0.25) is 0 Å². The third-order valence-electron chi connectivity index (χ3n) is 4.84. The van der Waals surface area contributed by atoms with Crippen LogP contribution in [0.1, 0.15) is 38.8 Å². The van der Waals surface area contributed by atoms with E-state index >= 15 is 0 Å². The Balaban J connectivity index is 0.000000540. The topological polar surface area (TPSA) is 142 Å². The summed E-state index contributed by atoms with van der Waals surface area (Å²) in [6.07, 6.45) is -4.21. The molecule has 1 amide bonds. The Kier molecular flexibility index (Phi) is 9.34. The molecule has 188 valence electrons. The van der Waals surface area contributed by atoms with Crippen molar-refractivity contribution in [2.24, 2.45) is 0 Å². The predicted octanol–water partition coefficient (Wildman–Crippen LogP) is 2.43. The molecule has 0 aliphatic carbocycles. The molecular formula is C23H23F3N2O7. The highest BCUT2D eigenvalue weighted by Crippen LogP contribution is 2.17. The minimum atomic E-state index is -5.08. The van der Waals surface area contributed by atoms with Crippen molar-refractivity contribution in [1.82, 2.24) is 10.6 Å². The number of hydrogen-bond donors (Lipinski definition) is 4. The number of carboxylic acid groups (broad SMARTS) is 2. The summed E-state index contributed by atoms with van der Waals surface area (Å²) in [5, 5.41) is 21.8. The van der Waals surface area contributed by atoms with Gasteiger partial charge in [0, 0.05) is 17.7 Å². The SMILES string of the molecule is C[C@H](NC(=O)c1ccc2c(c1)CCNC2)C(=O)c1ccc(OCC(=O)O)cc1.O=C(O)C(F)(F)F. The predicted molar refractivity (Wildman–Crippen MR) is 116 cm³/mol. The number of ether oxygens (including phenoxy) is 1. The van der Waals surface area contributed by atoms with E-state index in [1.165, 1.54) is 17.7 Å². The fourth-order valence-electron chi connectivity index (χ4n) is 3.07. The summed E-state index contributed by atoms with van der Waals surface area (Å²) in [5.41, 5.74) is 3.30. The Morgan fingerprint density at radius 1 is 1.03 bits per heavy atom. The Morgan fingerprint density at radius 2 is 1.63 bits per heavy atom. The largest absolute Gasteiger partial charge is 0.490 e. The normalized spacial score (nSPS) is 13.4. The maximum absolute atomic E-state index is 12.6. The van der Waals surface area contributed by atoms with Crippen molar-refractivity contribution in [3.63, 3.8) is 0 Å². The van der Waals surface area contributed by atoms with Crippen molar-refractivity contribution in [3.05, 3.63) is 64.7 Å². The quantitative estimate of drug-likeness (QED) is 0.428. The van der Waals surface area contributed by atoms with Crippen molar-refractivity contribution >= 4 is 23.6 Å². The molecule has 3 rings (SSSR count). The second-order valence-electron chi connectivity index (χ2n) is 7.48. The van der Waals surface area contributed by atoms with E-state index in [0.29, 0.717) is 16.9 Å². The zero-order valence-corrected chi connectivity index (χ0v) is 18.5. The van der Waals surface area contributed by atoms with Gasteiger partial charge >= 0.3 is 18.1 Å². The third-order valence-corrected chi connectivity index (χ3v) is 4.84. The van der Waals surface area contributed by atoms with Crippen LogP contribution in [0.4, 0.5) is 13.2 Å². The van der Waals surface area contributed by atoms with Crippen LogP contribution in [-0.2, 0) is 22.6 Å². The number of Topliss-reactive ketones (excluding diaryl/α,β-unsaturated/α-hetero) is 1. The van der Waals surface area contributed by atoms with Gasteiger partial charge in [-0.15, -0.1) is 0 Å². The fourth-order valence-corrected chi connectivity index (χ4v) is 3.07. The van der Waals surface area contributed by atoms with Crippen molar-refractivity contribution in [2.45, 2.75) is 32.1 Å². The Bertz CT molecular complexity index is 1090. The summed E-state index contributed by atoms with van der Waals surface area (Å²) >= 11 is 0. The number of amides is 1. The molecule has 1 aliphatic heterocycles. The molecule has 35 heavy (non-hydrogen) atoms. The van der Waals surface area contributed by atoms with E-state index < -0.39 is 30.8 Å². The summed E-state index contributed by atoms with van der Waals surface area (Å²) in [4.78, 5) is 44.5. The number of rotatable bonds is 7. The number of alkyl halides is 3. The van der Waals surface area contributed by atoms with Crippen LogP contribution in [0.2, 0.25) is 0 Å². The summed E-state index contributed by atoms with van der Waals surface area (Å²) in [6.45, 7) is 2.88. The molecule has 9 nitrogen and oxygen atoms in total. The second kappa shape index (κ2) is 12.0. The van der Waals surface area contributed by atoms with Crippen molar-refractivity contribution in [3.8, 4) is 5.75 Å². The first kappa shape index (κ1) is 27.3. The van der Waals surface area contributed by atoms with E-state index in [1.54, 1.807) is 25.1 Å². The minimum Gasteiger partial charge on any atom is -0.482 e. The van der Waals surface area contributed by atoms with Crippen LogP contribution in [0.3, 0.4) is 0 Å². The van der Waals surface area contributed by atoms with Crippen molar-refractivity contribution in [1.29, 1.82) is 0 Å². The van der Waals surface area contributed by atoms with E-state index in [-0.39, 0.29) is 11.7 Å². The van der Waals surface area contributed by atoms with Gasteiger partial charge < -0.3 is 25.6 Å². The van der Waals surface area contributed by atoms with Gasteiger partial charge in [0.1, 0.15) is 5.75 Å². The lowest BCUT2D eigenvalue weighted by atomic mass is 9.98. The molecule has 0 unspecified atom stereocenters. The van der Waals surface area contributed by atoms with Crippen LogP contribution in [0.25, 0.3) is 0 Å². The van der Waals surface area contributed by atoms with Crippen molar-refractivity contribution < 1.29 is 47.3 Å². The average molecular weight is 496 g/mol. The van der Waals surface area contributed by atoms with Crippen LogP contribution in [0, 0.1) is 0 Å². The first-order valence-electron chi connectivity index (χ1n) is 10.3. The van der Waals surface area contributed by atoms with Gasteiger partial charge in [-0.05, 0) is 67.4 Å². The second-order valence-corrected chi connectivity index (χ2v) is 7.48. The minimum absolute atomic E-state index is 0.236. The molecule has 12 heteroatoms. The molecule has 0 fully saturated rings. The highest BCUT2D eigenvalue weighted by molar-refractivity contribution is 6.04. The van der Waals surface area contributed by atoms with Gasteiger partial charge in [0.05, 0.1) is 6.04 Å². The number of nitrogens with one attached hydrogen (secondary N) is 2. The molecule has 2 aromatic rings. The summed E-state index contributed by atoms with van der Waals surface area (Å²) in [5.74, 6) is -3.99. The number of carbonyl (C=O) groups is 4. The summed E-state index contributed by atoms with van der Waals surface area (Å²) in [6, 6.07) is 11.1. The number of carbonyl (C=O) groups excluding carboxylic acids is 2. The number of carboxylic acids is 2. The molecule has 0 spiro atoms. The molecule has 2 aromatic carbocycles. The maximum atomic E-state index is 12.6. The highest BCUT2D eigenvalue weighted by Gasteiger charge is 2.38. The monoisotopic (exact) mass is 496 g/mol. The number of fused-ring (bicyclic) bond motifs is 1. The number of hydrogen-bond acceptors (Lipinski definition) is 6. The first-order valence-corrected chi connectivity index (χ1v) is 10.3. The van der Waals surface area contributed by atoms with Crippen LogP contribution in [-0.4, -0.2) is 59.2 Å². The Hall–Kier alpha value is -3.93. The van der Waals surface area contributed by atoms with Crippen molar-refractivity contribution in [2.75, 3.05) is 13.2 Å². The average Bonchev–Trinajstić information content (AvgIpc) is 2.82. The van der Waals surface area contributed by atoms with Gasteiger partial charge in [-0.3, -0.25) is 9.59 Å². The molecule has 4 N–H and O–H groups in total. The van der Waals surface area contributed by atoms with Crippen LogP contribution in [0.5, 0.6) is 5.75 Å². The van der Waals surface area contributed by atoms with E-state index in [4.69, 9.17) is 19.7 Å². The fraction of sp³-hybridized carbons (Fsp3) is 0.304. The van der Waals surface area contributed by atoms with Gasteiger partial charge in [-0.2, -0.15) is 13.2 Å². The van der Waals surface area contributed by atoms with Crippen LogP contribution in [0.15, 0.2) is 42.5 Å². The Labute approximate surface area is 197 Å². The van der Waals surface area contributed by atoms with Crippen LogP contribution >= 0.6 is 0 Å². The molecule has 0 saturated heterocycles. The number of benzene rings is 2. The van der Waals surface area contributed by atoms with E-state index in [0.717, 1.165) is 25.1 Å². The molecule has 0 bridgehead atoms. The first-order chi connectivity index (χ1) is 16.4. The lowest BCUT2D eigenvalue weighted by Crippen LogP contribution is -2.38. The highest BCUT2D eigenvalue weighted by atomic mass is 19.4. The standard InChI is InChI=1S/C21H22N2O5.C2HF3O2/c1-13(20(26)14-4-6-18(7-5-14)28-12-19(24)25)23-21(27)16-2-3-17-11-22-9-8-15(17)10-16;3-2(4,5)1(6)7/h2-7,10,13,22H,8-9,11-12H2,1H3,(H,23,27)(H,24,25);(H,6,7)/t13-;/m0./s1. The van der Waals surface area contributed by atoms with Gasteiger partial charge in [0.15, 0.2) is 12.4 Å². The molecular weight excluding hydrogens is 473 g/mol. The van der Waals surface area contributed by atoms with Gasteiger partial charge in [-0.25, -0.2) is 9.59 Å². The summed E-state index contributed by atoms with van der Waals surface area (Å²) < 4.78 is 36.8. The number of halogens is 3. The maximum Gasteiger partial charge on any atom is 0.490 e. The zero-order chi connectivity index (χ0) is 26.2. The van der Waals surface area contributed by atoms with E-state index in [1.807, 2.05) is 12.1 Å². The molecule has 1 heterocycles. The van der Waals surface area contributed by atoms with Crippen LogP contribution < -0.4 is 15.4 Å². The third kappa shape index (κ3) is 8.41.